The van der Waals surface area contributed by atoms with Crippen LogP contribution in [0.5, 0.6) is 0 Å². The normalized spacial score (nSPS) is 10.6. The fourth-order valence-electron chi connectivity index (χ4n) is 2.86. The quantitative estimate of drug-likeness (QED) is 0.275. The molecule has 0 aromatic heterocycles. The van der Waals surface area contributed by atoms with Crippen LogP contribution in [0.1, 0.15) is 38.8 Å². The second-order valence-electron chi connectivity index (χ2n) is 7.05. The minimum absolute atomic E-state index is 0. The number of aliphatic imine (C=N–C) groups is 1. The molecule has 0 bridgehead atoms. The first-order valence-corrected chi connectivity index (χ1v) is 10.1. The summed E-state index contributed by atoms with van der Waals surface area (Å²) in [5.74, 6) is 0.631. The van der Waals surface area contributed by atoms with Crippen LogP contribution in [-0.2, 0) is 13.0 Å². The highest BCUT2D eigenvalue weighted by molar-refractivity contribution is 14.0. The second kappa shape index (κ2) is 13.6. The lowest BCUT2D eigenvalue weighted by Crippen LogP contribution is -2.38. The molecule has 0 aliphatic rings. The van der Waals surface area contributed by atoms with E-state index < -0.39 is 0 Å². The first kappa shape index (κ1) is 26.4. The summed E-state index contributed by atoms with van der Waals surface area (Å²) in [6, 6.07) is 15.1. The molecule has 2 amide bonds. The first-order valence-electron chi connectivity index (χ1n) is 10.1. The summed E-state index contributed by atoms with van der Waals surface area (Å²) >= 11 is 0. The number of benzene rings is 2. The zero-order valence-electron chi connectivity index (χ0n) is 18.6. The van der Waals surface area contributed by atoms with E-state index in [2.05, 4.69) is 20.9 Å². The van der Waals surface area contributed by atoms with Gasteiger partial charge in [0.25, 0.3) is 11.8 Å². The highest BCUT2D eigenvalue weighted by Gasteiger charge is 2.08. The van der Waals surface area contributed by atoms with Crippen molar-refractivity contribution in [3.8, 4) is 0 Å². The van der Waals surface area contributed by atoms with Gasteiger partial charge in [-0.05, 0) is 48.7 Å². The van der Waals surface area contributed by atoms with Gasteiger partial charge >= 0.3 is 0 Å². The Balaban J connectivity index is 0.00000480. The summed E-state index contributed by atoms with van der Waals surface area (Å²) < 4.78 is 0. The first-order chi connectivity index (χ1) is 14.4. The largest absolute Gasteiger partial charge is 0.357 e. The van der Waals surface area contributed by atoms with Gasteiger partial charge in [0, 0.05) is 45.4 Å². The standard InChI is InChI=1S/C23H31N5O2.HI/c1-5-25-23(27-16-18-9-11-19(12-10-18)21(29)24-2)26-14-13-17-7-6-8-20(15-17)22(30)28(3)4;/h6-12,15H,5,13-14,16H2,1-4H3,(H,24,29)(H2,25,26,27);1H. The number of rotatable bonds is 8. The van der Waals surface area contributed by atoms with E-state index in [0.717, 1.165) is 30.1 Å². The predicted octanol–water partition coefficient (Wildman–Crippen LogP) is 2.66. The Morgan fingerprint density at radius 1 is 0.968 bits per heavy atom. The summed E-state index contributed by atoms with van der Waals surface area (Å²) in [5.41, 5.74) is 3.44. The fourth-order valence-corrected chi connectivity index (χ4v) is 2.86. The number of hydrogen-bond donors (Lipinski definition) is 3. The minimum Gasteiger partial charge on any atom is -0.357 e. The van der Waals surface area contributed by atoms with E-state index in [1.807, 2.05) is 43.3 Å². The van der Waals surface area contributed by atoms with Gasteiger partial charge < -0.3 is 20.9 Å². The summed E-state index contributed by atoms with van der Waals surface area (Å²) in [6.45, 7) is 3.98. The van der Waals surface area contributed by atoms with Crippen LogP contribution in [0.15, 0.2) is 53.5 Å². The number of carbonyl (C=O) groups is 2. The summed E-state index contributed by atoms with van der Waals surface area (Å²) in [6.07, 6.45) is 0.778. The molecule has 0 fully saturated rings. The predicted molar refractivity (Wildman–Crippen MR) is 136 cm³/mol. The Labute approximate surface area is 201 Å². The number of amides is 2. The smallest absolute Gasteiger partial charge is 0.253 e. The maximum atomic E-state index is 12.1. The molecule has 0 spiro atoms. The third-order valence-corrected chi connectivity index (χ3v) is 4.49. The molecule has 0 aliphatic heterocycles. The van der Waals surface area contributed by atoms with Gasteiger partial charge in [0.2, 0.25) is 0 Å². The van der Waals surface area contributed by atoms with Crippen LogP contribution in [0.25, 0.3) is 0 Å². The molecule has 0 saturated heterocycles. The molecule has 0 unspecified atom stereocenters. The van der Waals surface area contributed by atoms with E-state index >= 15 is 0 Å². The summed E-state index contributed by atoms with van der Waals surface area (Å²) in [4.78, 5) is 29.9. The van der Waals surface area contributed by atoms with E-state index in [0.29, 0.717) is 24.2 Å². The molecule has 8 heteroatoms. The third kappa shape index (κ3) is 8.56. The molecule has 0 atom stereocenters. The molecular formula is C23H32IN5O2. The molecule has 168 valence electrons. The molecule has 2 aromatic carbocycles. The van der Waals surface area contributed by atoms with Gasteiger partial charge in [-0.25, -0.2) is 4.99 Å². The van der Waals surface area contributed by atoms with Gasteiger partial charge in [-0.2, -0.15) is 0 Å². The Kier molecular flexibility index (Phi) is 11.6. The number of halogens is 1. The molecule has 0 saturated carbocycles. The number of hydrogen-bond acceptors (Lipinski definition) is 3. The molecule has 31 heavy (non-hydrogen) atoms. The maximum Gasteiger partial charge on any atom is 0.253 e. The van der Waals surface area contributed by atoms with E-state index in [4.69, 9.17) is 0 Å². The Morgan fingerprint density at radius 3 is 2.29 bits per heavy atom. The molecule has 3 N–H and O–H groups in total. The van der Waals surface area contributed by atoms with Crippen molar-refractivity contribution in [3.05, 3.63) is 70.8 Å². The van der Waals surface area contributed by atoms with Gasteiger partial charge in [-0.3, -0.25) is 9.59 Å². The van der Waals surface area contributed by atoms with Gasteiger partial charge in [0.05, 0.1) is 6.54 Å². The molecular weight excluding hydrogens is 505 g/mol. The van der Waals surface area contributed by atoms with E-state index in [-0.39, 0.29) is 35.8 Å². The minimum atomic E-state index is -0.101. The van der Waals surface area contributed by atoms with Crippen LogP contribution in [-0.4, -0.2) is 56.9 Å². The molecule has 0 heterocycles. The average Bonchev–Trinajstić information content (AvgIpc) is 2.76. The molecule has 0 radical (unpaired) electrons. The van der Waals surface area contributed by atoms with Crippen LogP contribution in [0.4, 0.5) is 0 Å². The third-order valence-electron chi connectivity index (χ3n) is 4.49. The van der Waals surface area contributed by atoms with Gasteiger partial charge in [0.1, 0.15) is 0 Å². The van der Waals surface area contributed by atoms with Gasteiger partial charge in [-0.15, -0.1) is 24.0 Å². The van der Waals surface area contributed by atoms with E-state index in [1.165, 1.54) is 0 Å². The van der Waals surface area contributed by atoms with Crippen molar-refractivity contribution < 1.29 is 9.59 Å². The lowest BCUT2D eigenvalue weighted by Gasteiger charge is -2.13. The van der Waals surface area contributed by atoms with Crippen LogP contribution >= 0.6 is 24.0 Å². The second-order valence-corrected chi connectivity index (χ2v) is 7.05. The van der Waals surface area contributed by atoms with E-state index in [9.17, 15) is 9.59 Å². The van der Waals surface area contributed by atoms with Crippen LogP contribution in [0, 0.1) is 0 Å². The van der Waals surface area contributed by atoms with E-state index in [1.54, 1.807) is 38.2 Å². The van der Waals surface area contributed by atoms with Crippen molar-refractivity contribution in [1.82, 2.24) is 20.9 Å². The van der Waals surface area contributed by atoms with Crippen molar-refractivity contribution in [1.29, 1.82) is 0 Å². The van der Waals surface area contributed by atoms with Crippen molar-refractivity contribution in [2.75, 3.05) is 34.2 Å². The highest BCUT2D eigenvalue weighted by Crippen LogP contribution is 2.08. The number of carbonyl (C=O) groups excluding carboxylic acids is 2. The molecule has 2 aromatic rings. The SMILES string of the molecule is CCNC(=NCc1ccc(C(=O)NC)cc1)NCCc1cccc(C(=O)N(C)C)c1.I. The topological polar surface area (TPSA) is 85.8 Å². The zero-order valence-corrected chi connectivity index (χ0v) is 20.9. The zero-order chi connectivity index (χ0) is 21.9. The highest BCUT2D eigenvalue weighted by atomic mass is 127. The summed E-state index contributed by atoms with van der Waals surface area (Å²) in [5, 5.41) is 9.18. The van der Waals surface area contributed by atoms with Gasteiger partial charge in [-0.1, -0.05) is 24.3 Å². The van der Waals surface area contributed by atoms with Crippen molar-refractivity contribution in [2.24, 2.45) is 4.99 Å². The number of nitrogens with one attached hydrogen (secondary N) is 3. The van der Waals surface area contributed by atoms with Crippen LogP contribution < -0.4 is 16.0 Å². The molecule has 7 nitrogen and oxygen atoms in total. The Morgan fingerprint density at radius 2 is 1.68 bits per heavy atom. The average molecular weight is 537 g/mol. The summed E-state index contributed by atoms with van der Waals surface area (Å²) in [7, 11) is 5.12. The van der Waals surface area contributed by atoms with Crippen molar-refractivity contribution in [3.63, 3.8) is 0 Å². The lowest BCUT2D eigenvalue weighted by atomic mass is 10.1. The van der Waals surface area contributed by atoms with Crippen LogP contribution in [0.3, 0.4) is 0 Å². The maximum absolute atomic E-state index is 12.1. The number of guanidine groups is 1. The molecule has 0 aliphatic carbocycles. The Bertz CT molecular complexity index is 882. The Hall–Kier alpha value is -2.62. The fraction of sp³-hybridized carbons (Fsp3) is 0.348. The lowest BCUT2D eigenvalue weighted by molar-refractivity contribution is 0.0827. The monoisotopic (exact) mass is 537 g/mol. The number of nitrogens with zero attached hydrogens (tertiary/aromatic N) is 2. The van der Waals surface area contributed by atoms with Crippen molar-refractivity contribution in [2.45, 2.75) is 19.9 Å². The molecule has 2 rings (SSSR count). The van der Waals surface area contributed by atoms with Gasteiger partial charge in [0.15, 0.2) is 5.96 Å². The van der Waals surface area contributed by atoms with Crippen molar-refractivity contribution >= 4 is 41.8 Å². The van der Waals surface area contributed by atoms with Crippen LogP contribution in [0.2, 0.25) is 0 Å².